The minimum atomic E-state index is -2.86. The molecule has 1 atom stereocenters. The Morgan fingerprint density at radius 2 is 2.07 bits per heavy atom. The van der Waals surface area contributed by atoms with Gasteiger partial charge in [-0.2, -0.15) is 0 Å². The molecule has 5 heteroatoms. The summed E-state index contributed by atoms with van der Waals surface area (Å²) in [5.74, 6) is 0.425. The lowest BCUT2D eigenvalue weighted by Gasteiger charge is -2.36. The predicted molar refractivity (Wildman–Crippen MR) is 59.5 cm³/mol. The molecule has 0 N–H and O–H groups in total. The van der Waals surface area contributed by atoms with Crippen LogP contribution < -0.4 is 0 Å². The molecular formula is C10H19NO3S. The Hall–Kier alpha value is -0.420. The van der Waals surface area contributed by atoms with Crippen LogP contribution in [0.2, 0.25) is 0 Å². The fourth-order valence-electron chi connectivity index (χ4n) is 1.83. The minimum Gasteiger partial charge on any atom is -0.303 e. The molecule has 1 aliphatic heterocycles. The average Bonchev–Trinajstić information content (AvgIpc) is 2.09. The Morgan fingerprint density at radius 3 is 2.53 bits per heavy atom. The van der Waals surface area contributed by atoms with Crippen LogP contribution in [0, 0.1) is 5.41 Å². The summed E-state index contributed by atoms with van der Waals surface area (Å²) in [5.41, 5.74) is -0.393. The van der Waals surface area contributed by atoms with Gasteiger partial charge in [-0.1, -0.05) is 13.8 Å². The largest absolute Gasteiger partial charge is 0.303 e. The lowest BCUT2D eigenvalue weighted by atomic mass is 9.94. The van der Waals surface area contributed by atoms with Crippen molar-refractivity contribution in [1.29, 1.82) is 0 Å². The molecule has 0 aromatic heterocycles. The van der Waals surface area contributed by atoms with Crippen LogP contribution in [0.1, 0.15) is 20.8 Å². The zero-order valence-corrected chi connectivity index (χ0v) is 10.4. The summed E-state index contributed by atoms with van der Waals surface area (Å²) >= 11 is 0. The van der Waals surface area contributed by atoms with Gasteiger partial charge in [-0.25, -0.2) is 8.42 Å². The van der Waals surface area contributed by atoms with Crippen LogP contribution in [0.5, 0.6) is 0 Å². The average molecular weight is 233 g/mol. The van der Waals surface area contributed by atoms with E-state index in [9.17, 15) is 13.2 Å². The Balaban J connectivity index is 2.63. The first kappa shape index (κ1) is 12.6. The van der Waals surface area contributed by atoms with E-state index in [0.717, 1.165) is 6.29 Å². The lowest BCUT2D eigenvalue weighted by Crippen LogP contribution is -2.50. The maximum absolute atomic E-state index is 11.3. The molecule has 1 unspecified atom stereocenters. The number of sulfone groups is 1. The molecule has 1 rings (SSSR count). The molecule has 88 valence electrons. The first-order chi connectivity index (χ1) is 6.76. The summed E-state index contributed by atoms with van der Waals surface area (Å²) < 4.78 is 22.7. The fourth-order valence-corrected chi connectivity index (χ4v) is 3.45. The monoisotopic (exact) mass is 233 g/mol. The van der Waals surface area contributed by atoms with Crippen molar-refractivity contribution in [1.82, 2.24) is 4.90 Å². The number of nitrogens with zero attached hydrogens (tertiary/aromatic N) is 1. The molecule has 0 aromatic rings. The second-order valence-corrected chi connectivity index (χ2v) is 7.27. The molecule has 15 heavy (non-hydrogen) atoms. The van der Waals surface area contributed by atoms with Crippen LogP contribution >= 0.6 is 0 Å². The van der Waals surface area contributed by atoms with Gasteiger partial charge in [0, 0.05) is 24.5 Å². The van der Waals surface area contributed by atoms with E-state index in [-0.39, 0.29) is 17.5 Å². The van der Waals surface area contributed by atoms with Gasteiger partial charge in [0.15, 0.2) is 9.84 Å². The highest BCUT2D eigenvalue weighted by molar-refractivity contribution is 7.91. The number of aldehydes is 1. The van der Waals surface area contributed by atoms with Gasteiger partial charge in [0.2, 0.25) is 0 Å². The smallest absolute Gasteiger partial charge is 0.153 e. The third-order valence-electron chi connectivity index (χ3n) is 2.74. The van der Waals surface area contributed by atoms with Crippen LogP contribution in [0.15, 0.2) is 0 Å². The quantitative estimate of drug-likeness (QED) is 0.659. The lowest BCUT2D eigenvalue weighted by molar-refractivity contribution is -0.115. The fraction of sp³-hybridized carbons (Fsp3) is 0.900. The molecule has 0 amide bonds. The van der Waals surface area contributed by atoms with Crippen LogP contribution in [-0.4, -0.2) is 50.2 Å². The summed E-state index contributed by atoms with van der Waals surface area (Å²) in [7, 11) is -2.86. The van der Waals surface area contributed by atoms with Gasteiger partial charge in [-0.15, -0.1) is 0 Å². The summed E-state index contributed by atoms with van der Waals surface area (Å²) in [6, 6.07) is 0.0166. The van der Waals surface area contributed by atoms with Crippen LogP contribution in [0.25, 0.3) is 0 Å². The minimum absolute atomic E-state index is 0.0166. The van der Waals surface area contributed by atoms with Gasteiger partial charge in [0.05, 0.1) is 11.5 Å². The molecule has 1 fully saturated rings. The maximum atomic E-state index is 11.3. The second kappa shape index (κ2) is 4.22. The SMILES string of the molecule is CC1CS(=O)(=O)CCN1CC(C)(C)C=O. The third-order valence-corrected chi connectivity index (χ3v) is 4.53. The van der Waals surface area contributed by atoms with Crippen molar-refractivity contribution < 1.29 is 13.2 Å². The van der Waals surface area contributed by atoms with E-state index in [4.69, 9.17) is 0 Å². The summed E-state index contributed by atoms with van der Waals surface area (Å²) in [5, 5.41) is 0. The number of rotatable bonds is 3. The maximum Gasteiger partial charge on any atom is 0.153 e. The summed E-state index contributed by atoms with van der Waals surface area (Å²) in [4.78, 5) is 12.9. The molecule has 0 aromatic carbocycles. The van der Waals surface area contributed by atoms with Crippen molar-refractivity contribution in [3.8, 4) is 0 Å². The Morgan fingerprint density at radius 1 is 1.47 bits per heavy atom. The Labute approximate surface area is 91.6 Å². The van der Waals surface area contributed by atoms with E-state index in [1.54, 1.807) is 0 Å². The highest BCUT2D eigenvalue weighted by Crippen LogP contribution is 2.19. The van der Waals surface area contributed by atoms with Gasteiger partial charge in [-0.05, 0) is 6.92 Å². The highest BCUT2D eigenvalue weighted by atomic mass is 32.2. The molecule has 1 saturated heterocycles. The standard InChI is InChI=1S/C10H19NO3S/c1-9-6-15(13,14)5-4-11(9)7-10(2,3)8-12/h8-9H,4-7H2,1-3H3. The zero-order valence-electron chi connectivity index (χ0n) is 9.56. The Bertz CT molecular complexity index is 335. The van der Waals surface area contributed by atoms with Crippen LogP contribution in [-0.2, 0) is 14.6 Å². The molecule has 0 bridgehead atoms. The molecule has 0 spiro atoms. The predicted octanol–water partition coefficient (Wildman–Crippen LogP) is 0.330. The second-order valence-electron chi connectivity index (χ2n) is 5.04. The van der Waals surface area contributed by atoms with E-state index < -0.39 is 15.3 Å². The summed E-state index contributed by atoms with van der Waals surface area (Å²) in [6.07, 6.45) is 0.933. The van der Waals surface area contributed by atoms with Gasteiger partial charge in [0.1, 0.15) is 6.29 Å². The molecule has 0 saturated carbocycles. The van der Waals surface area contributed by atoms with Crippen molar-refractivity contribution in [3.05, 3.63) is 0 Å². The van der Waals surface area contributed by atoms with E-state index in [0.29, 0.717) is 13.1 Å². The zero-order chi connectivity index (χ0) is 11.7. The van der Waals surface area contributed by atoms with Crippen molar-refractivity contribution in [2.75, 3.05) is 24.6 Å². The number of hydrogen-bond donors (Lipinski definition) is 0. The first-order valence-electron chi connectivity index (χ1n) is 5.16. The topological polar surface area (TPSA) is 54.5 Å². The molecular weight excluding hydrogens is 214 g/mol. The van der Waals surface area contributed by atoms with Gasteiger partial charge in [0.25, 0.3) is 0 Å². The third kappa shape index (κ3) is 3.57. The summed E-state index contributed by atoms with van der Waals surface area (Å²) in [6.45, 7) is 6.82. The van der Waals surface area contributed by atoms with E-state index >= 15 is 0 Å². The number of hydrogen-bond acceptors (Lipinski definition) is 4. The van der Waals surface area contributed by atoms with Crippen molar-refractivity contribution in [2.24, 2.45) is 5.41 Å². The molecule has 4 nitrogen and oxygen atoms in total. The van der Waals surface area contributed by atoms with E-state index in [1.807, 2.05) is 20.8 Å². The van der Waals surface area contributed by atoms with Crippen LogP contribution in [0.4, 0.5) is 0 Å². The van der Waals surface area contributed by atoms with Crippen molar-refractivity contribution in [3.63, 3.8) is 0 Å². The highest BCUT2D eigenvalue weighted by Gasteiger charge is 2.31. The first-order valence-corrected chi connectivity index (χ1v) is 6.99. The van der Waals surface area contributed by atoms with Crippen molar-refractivity contribution >= 4 is 16.1 Å². The number of carbonyl (C=O) groups excluding carboxylic acids is 1. The Kier molecular flexibility index (Phi) is 3.55. The van der Waals surface area contributed by atoms with E-state index in [2.05, 4.69) is 4.90 Å². The molecule has 1 heterocycles. The normalized spacial score (nSPS) is 27.5. The molecule has 1 aliphatic rings. The molecule has 0 aliphatic carbocycles. The van der Waals surface area contributed by atoms with Crippen LogP contribution in [0.3, 0.4) is 0 Å². The van der Waals surface area contributed by atoms with Gasteiger partial charge < -0.3 is 4.79 Å². The molecule has 0 radical (unpaired) electrons. The van der Waals surface area contributed by atoms with E-state index in [1.165, 1.54) is 0 Å². The van der Waals surface area contributed by atoms with Crippen molar-refractivity contribution in [2.45, 2.75) is 26.8 Å². The van der Waals surface area contributed by atoms with Gasteiger partial charge in [-0.3, -0.25) is 4.90 Å². The number of carbonyl (C=O) groups is 1. The van der Waals surface area contributed by atoms with Gasteiger partial charge >= 0.3 is 0 Å².